The van der Waals surface area contributed by atoms with Crippen molar-refractivity contribution >= 4 is 23.5 Å². The van der Waals surface area contributed by atoms with Crippen LogP contribution < -0.4 is 10.6 Å². The van der Waals surface area contributed by atoms with Crippen LogP contribution in [0.25, 0.3) is 0 Å². The molecule has 3 heterocycles. The maximum Gasteiger partial charge on any atom is 0.312 e. The molecule has 2 fully saturated rings. The van der Waals surface area contributed by atoms with Crippen LogP contribution in [-0.4, -0.2) is 44.8 Å². The Balaban J connectivity index is 1.22. The normalized spacial score (nSPS) is 24.8. The van der Waals surface area contributed by atoms with Crippen LogP contribution in [0.15, 0.2) is 67.1 Å². The minimum absolute atomic E-state index is 0.0915. The molecular formula is C34H41N5O4. The standard InChI is InChI=1S/C34H41N5O4/c1-34(2,3)33(42)43-21-38-19-28(35-20-38)29-25-17-18-39(30(25)23-13-7-9-15-26(23)36-29)32(41)24-14-8-10-16-27(24)37-31(40)22-11-5-4-6-12-22/h4-7,9,11-13,15,19-20,24-25,27,29-30,36H,8,10,14,16-18,21H2,1-3H3,(H,37,40)/t24-,25?,27+,29?,30?/m0/s1. The number of likely N-dealkylation sites (tertiary alicyclic amines) is 1. The lowest BCUT2D eigenvalue weighted by Crippen LogP contribution is -2.50. The number of benzene rings is 2. The van der Waals surface area contributed by atoms with Gasteiger partial charge in [0.25, 0.3) is 5.91 Å². The zero-order chi connectivity index (χ0) is 30.1. The number of amides is 2. The molecule has 43 heavy (non-hydrogen) atoms. The van der Waals surface area contributed by atoms with Crippen molar-refractivity contribution in [3.05, 3.63) is 83.9 Å². The van der Waals surface area contributed by atoms with Crippen LogP contribution in [0.5, 0.6) is 0 Å². The van der Waals surface area contributed by atoms with Crippen molar-refractivity contribution in [3.8, 4) is 0 Å². The van der Waals surface area contributed by atoms with E-state index in [2.05, 4.69) is 27.7 Å². The van der Waals surface area contributed by atoms with Crippen LogP contribution in [0.4, 0.5) is 5.69 Å². The lowest BCUT2D eigenvalue weighted by molar-refractivity contribution is -0.157. The first kappa shape index (κ1) is 29.0. The van der Waals surface area contributed by atoms with Crippen molar-refractivity contribution in [2.45, 2.75) is 77.7 Å². The van der Waals surface area contributed by atoms with Crippen LogP contribution in [0.3, 0.4) is 0 Å². The van der Waals surface area contributed by atoms with Gasteiger partial charge in [0.15, 0.2) is 6.73 Å². The Labute approximate surface area is 253 Å². The van der Waals surface area contributed by atoms with Crippen molar-refractivity contribution in [1.82, 2.24) is 19.8 Å². The molecule has 3 aliphatic rings. The van der Waals surface area contributed by atoms with Gasteiger partial charge in [-0.25, -0.2) is 4.98 Å². The summed E-state index contributed by atoms with van der Waals surface area (Å²) in [5.74, 6) is -0.391. The Morgan fingerprint density at radius 3 is 2.53 bits per heavy atom. The third-order valence-corrected chi connectivity index (χ3v) is 9.11. The first-order chi connectivity index (χ1) is 20.7. The van der Waals surface area contributed by atoms with Gasteiger partial charge >= 0.3 is 5.97 Å². The van der Waals surface area contributed by atoms with Crippen LogP contribution in [0.1, 0.15) is 86.6 Å². The minimum Gasteiger partial charge on any atom is -0.443 e. The summed E-state index contributed by atoms with van der Waals surface area (Å²) >= 11 is 0. The number of para-hydroxylation sites is 1. The molecule has 1 aliphatic carbocycles. The van der Waals surface area contributed by atoms with Gasteiger partial charge in [0.1, 0.15) is 0 Å². The van der Waals surface area contributed by atoms with E-state index in [1.807, 2.05) is 69.4 Å². The summed E-state index contributed by atoms with van der Waals surface area (Å²) in [6.45, 7) is 6.25. The maximum absolute atomic E-state index is 14.4. The first-order valence-corrected chi connectivity index (χ1v) is 15.4. The Bertz CT molecular complexity index is 1480. The number of hydrogen-bond acceptors (Lipinski definition) is 6. The van der Waals surface area contributed by atoms with Gasteiger partial charge in [-0.2, -0.15) is 0 Å². The number of rotatable bonds is 6. The topological polar surface area (TPSA) is 106 Å². The van der Waals surface area contributed by atoms with Crippen LogP contribution in [-0.2, 0) is 21.1 Å². The molecule has 3 aromatic rings. The molecule has 9 nitrogen and oxygen atoms in total. The largest absolute Gasteiger partial charge is 0.443 e. The van der Waals surface area contributed by atoms with Gasteiger partial charge in [-0.15, -0.1) is 0 Å². The van der Waals surface area contributed by atoms with Gasteiger partial charge in [-0.3, -0.25) is 14.4 Å². The molecule has 1 saturated heterocycles. The highest BCUT2D eigenvalue weighted by Crippen LogP contribution is 2.51. The predicted molar refractivity (Wildman–Crippen MR) is 163 cm³/mol. The number of nitrogens with zero attached hydrogens (tertiary/aromatic N) is 3. The van der Waals surface area contributed by atoms with Gasteiger partial charge in [0, 0.05) is 36.0 Å². The zero-order valence-corrected chi connectivity index (χ0v) is 25.2. The summed E-state index contributed by atoms with van der Waals surface area (Å²) in [6.07, 6.45) is 8.01. The molecule has 6 rings (SSSR count). The highest BCUT2D eigenvalue weighted by molar-refractivity contribution is 5.95. The fraction of sp³-hybridized carbons (Fsp3) is 0.471. The number of esters is 1. The molecule has 2 aliphatic heterocycles. The summed E-state index contributed by atoms with van der Waals surface area (Å²) in [5, 5.41) is 6.90. The molecule has 2 N–H and O–H groups in total. The van der Waals surface area contributed by atoms with Gasteiger partial charge in [-0.1, -0.05) is 49.2 Å². The second-order valence-corrected chi connectivity index (χ2v) is 13.1. The van der Waals surface area contributed by atoms with Gasteiger partial charge in [0.2, 0.25) is 5.91 Å². The van der Waals surface area contributed by atoms with Crippen LogP contribution in [0, 0.1) is 17.3 Å². The SMILES string of the molecule is CC(C)(C)C(=O)OCn1cnc(C2Nc3ccccc3C3C2CCN3C(=O)[C@H]2CCCC[C@H]2NC(=O)c2ccccc2)c1. The summed E-state index contributed by atoms with van der Waals surface area (Å²) < 4.78 is 7.29. The lowest BCUT2D eigenvalue weighted by Gasteiger charge is -2.41. The van der Waals surface area contributed by atoms with Crippen molar-refractivity contribution in [2.75, 3.05) is 11.9 Å². The van der Waals surface area contributed by atoms with Crippen molar-refractivity contribution < 1.29 is 19.1 Å². The highest BCUT2D eigenvalue weighted by Gasteiger charge is 2.49. The number of anilines is 1. The summed E-state index contributed by atoms with van der Waals surface area (Å²) in [6, 6.07) is 17.0. The van der Waals surface area contributed by atoms with E-state index in [9.17, 15) is 14.4 Å². The van der Waals surface area contributed by atoms with E-state index in [4.69, 9.17) is 9.72 Å². The molecule has 2 amide bonds. The maximum atomic E-state index is 14.4. The average Bonchev–Trinajstić information content (AvgIpc) is 3.67. The number of aromatic nitrogens is 2. The Morgan fingerprint density at radius 1 is 1.00 bits per heavy atom. The molecule has 1 saturated carbocycles. The number of fused-ring (bicyclic) bond motifs is 3. The quantitative estimate of drug-likeness (QED) is 0.373. The number of ether oxygens (including phenoxy) is 1. The Morgan fingerprint density at radius 2 is 1.74 bits per heavy atom. The van der Waals surface area contributed by atoms with Gasteiger partial charge in [0.05, 0.1) is 35.4 Å². The molecule has 226 valence electrons. The number of nitrogens with one attached hydrogen (secondary N) is 2. The summed E-state index contributed by atoms with van der Waals surface area (Å²) in [5.41, 5.74) is 3.01. The smallest absolute Gasteiger partial charge is 0.312 e. The Hall–Kier alpha value is -4.14. The monoisotopic (exact) mass is 583 g/mol. The molecule has 2 aromatic carbocycles. The van der Waals surface area contributed by atoms with Crippen molar-refractivity contribution in [1.29, 1.82) is 0 Å². The van der Waals surface area contributed by atoms with Crippen LogP contribution in [0.2, 0.25) is 0 Å². The van der Waals surface area contributed by atoms with E-state index < -0.39 is 5.41 Å². The third kappa shape index (κ3) is 5.90. The molecule has 9 heteroatoms. The molecule has 3 unspecified atom stereocenters. The molecule has 0 radical (unpaired) electrons. The molecular weight excluding hydrogens is 542 g/mol. The predicted octanol–water partition coefficient (Wildman–Crippen LogP) is 5.48. The number of hydrogen-bond donors (Lipinski definition) is 2. The first-order valence-electron chi connectivity index (χ1n) is 15.4. The zero-order valence-electron chi connectivity index (χ0n) is 25.2. The molecule has 0 bridgehead atoms. The van der Waals surface area contributed by atoms with E-state index in [0.29, 0.717) is 12.1 Å². The number of carbonyl (C=O) groups excluding carboxylic acids is 3. The number of carbonyl (C=O) groups is 3. The van der Waals surface area contributed by atoms with E-state index in [1.165, 1.54) is 0 Å². The van der Waals surface area contributed by atoms with Crippen molar-refractivity contribution in [2.24, 2.45) is 17.3 Å². The third-order valence-electron chi connectivity index (χ3n) is 9.11. The molecule has 1 aromatic heterocycles. The lowest BCUT2D eigenvalue weighted by atomic mass is 9.80. The van der Waals surface area contributed by atoms with E-state index in [0.717, 1.165) is 49.0 Å². The van der Waals surface area contributed by atoms with Crippen molar-refractivity contribution in [3.63, 3.8) is 0 Å². The second-order valence-electron chi connectivity index (χ2n) is 13.1. The summed E-state index contributed by atoms with van der Waals surface area (Å²) in [7, 11) is 0. The van der Waals surface area contributed by atoms with E-state index >= 15 is 0 Å². The number of imidazole rings is 1. The molecule has 0 spiro atoms. The second kappa shape index (κ2) is 11.9. The fourth-order valence-electron chi connectivity index (χ4n) is 6.88. The van der Waals surface area contributed by atoms with Gasteiger partial charge in [-0.05, 0) is 63.8 Å². The van der Waals surface area contributed by atoms with Gasteiger partial charge < -0.3 is 24.8 Å². The van der Waals surface area contributed by atoms with E-state index in [-0.39, 0.29) is 54.5 Å². The van der Waals surface area contributed by atoms with E-state index in [1.54, 1.807) is 10.9 Å². The summed E-state index contributed by atoms with van der Waals surface area (Å²) in [4.78, 5) is 46.5. The fourth-order valence-corrected chi connectivity index (χ4v) is 6.88. The minimum atomic E-state index is -0.577. The van der Waals surface area contributed by atoms with Crippen LogP contribution >= 0.6 is 0 Å². The average molecular weight is 584 g/mol. The highest BCUT2D eigenvalue weighted by atomic mass is 16.5. The Kier molecular flexibility index (Phi) is 7.99. The molecule has 5 atom stereocenters.